The molecule has 0 aromatic heterocycles. The molecule has 1 aromatic rings. The molecule has 0 amide bonds. The second kappa shape index (κ2) is 8.07. The van der Waals surface area contributed by atoms with Crippen molar-refractivity contribution < 1.29 is 23.7 Å². The lowest BCUT2D eigenvalue weighted by atomic mass is 10.1. The van der Waals surface area contributed by atoms with Gasteiger partial charge in [-0.2, -0.15) is 0 Å². The second-order valence-electron chi connectivity index (χ2n) is 4.46. The van der Waals surface area contributed by atoms with Crippen LogP contribution in [0.5, 0.6) is 17.2 Å². The average molecular weight is 297 g/mol. The quantitative estimate of drug-likeness (QED) is 0.703. The van der Waals surface area contributed by atoms with E-state index in [1.54, 1.807) is 7.11 Å². The molecule has 1 aliphatic heterocycles. The van der Waals surface area contributed by atoms with Gasteiger partial charge in [0, 0.05) is 31.9 Å². The SMILES string of the molecule is CCOC(CNCc1ccc2c(c1OC)OCO2)OCC. The molecule has 1 heterocycles. The summed E-state index contributed by atoms with van der Waals surface area (Å²) in [5, 5.41) is 3.31. The van der Waals surface area contributed by atoms with E-state index < -0.39 is 0 Å². The first kappa shape index (κ1) is 15.9. The largest absolute Gasteiger partial charge is 0.492 e. The van der Waals surface area contributed by atoms with Crippen molar-refractivity contribution in [3.8, 4) is 17.2 Å². The van der Waals surface area contributed by atoms with E-state index in [0.717, 1.165) is 11.3 Å². The summed E-state index contributed by atoms with van der Waals surface area (Å²) < 4.78 is 27.2. The van der Waals surface area contributed by atoms with Crippen molar-refractivity contribution >= 4 is 0 Å². The Labute approximate surface area is 125 Å². The molecular weight excluding hydrogens is 274 g/mol. The predicted molar refractivity (Wildman–Crippen MR) is 77.9 cm³/mol. The number of fused-ring (bicyclic) bond motifs is 1. The van der Waals surface area contributed by atoms with Gasteiger partial charge < -0.3 is 29.0 Å². The van der Waals surface area contributed by atoms with E-state index in [1.165, 1.54) is 0 Å². The number of nitrogens with one attached hydrogen (secondary N) is 1. The molecule has 118 valence electrons. The molecule has 0 unspecified atom stereocenters. The molecule has 0 saturated heterocycles. The van der Waals surface area contributed by atoms with Crippen molar-refractivity contribution in [2.24, 2.45) is 0 Å². The van der Waals surface area contributed by atoms with Crippen molar-refractivity contribution in [1.82, 2.24) is 5.32 Å². The zero-order chi connectivity index (χ0) is 15.1. The standard InChI is InChI=1S/C15H23NO5/c1-4-18-13(19-5-2)9-16-8-11-6-7-12-15(14(11)17-3)21-10-20-12/h6-7,13,16H,4-5,8-10H2,1-3H3. The van der Waals surface area contributed by atoms with Crippen LogP contribution in [-0.4, -0.2) is 40.0 Å². The van der Waals surface area contributed by atoms with Crippen molar-refractivity contribution in [3.05, 3.63) is 17.7 Å². The molecule has 0 aliphatic carbocycles. The lowest BCUT2D eigenvalue weighted by molar-refractivity contribution is -0.133. The summed E-state index contributed by atoms with van der Waals surface area (Å²) in [6.07, 6.45) is -0.236. The molecule has 0 saturated carbocycles. The summed E-state index contributed by atoms with van der Waals surface area (Å²) in [7, 11) is 1.63. The highest BCUT2D eigenvalue weighted by Crippen LogP contribution is 2.42. The molecule has 0 bridgehead atoms. The van der Waals surface area contributed by atoms with E-state index in [-0.39, 0.29) is 13.1 Å². The fraction of sp³-hybridized carbons (Fsp3) is 0.600. The van der Waals surface area contributed by atoms with Crippen LogP contribution in [0.2, 0.25) is 0 Å². The first-order valence-corrected chi connectivity index (χ1v) is 7.19. The van der Waals surface area contributed by atoms with Gasteiger partial charge >= 0.3 is 0 Å². The van der Waals surface area contributed by atoms with E-state index in [4.69, 9.17) is 23.7 Å². The zero-order valence-corrected chi connectivity index (χ0v) is 12.8. The maximum absolute atomic E-state index is 5.49. The lowest BCUT2D eigenvalue weighted by Gasteiger charge is -2.18. The van der Waals surface area contributed by atoms with E-state index >= 15 is 0 Å². The topological polar surface area (TPSA) is 58.2 Å². The highest BCUT2D eigenvalue weighted by atomic mass is 16.7. The Morgan fingerprint density at radius 3 is 2.62 bits per heavy atom. The van der Waals surface area contributed by atoms with Crippen molar-refractivity contribution in [2.45, 2.75) is 26.7 Å². The molecular formula is C15H23NO5. The Bertz CT molecular complexity index is 446. The maximum atomic E-state index is 5.49. The monoisotopic (exact) mass is 297 g/mol. The number of hydrogen-bond donors (Lipinski definition) is 1. The molecule has 1 N–H and O–H groups in total. The number of rotatable bonds is 9. The van der Waals surface area contributed by atoms with Gasteiger partial charge in [-0.1, -0.05) is 6.07 Å². The minimum absolute atomic E-state index is 0.235. The molecule has 1 aromatic carbocycles. The molecule has 2 rings (SSSR count). The minimum Gasteiger partial charge on any atom is -0.492 e. The first-order valence-electron chi connectivity index (χ1n) is 7.19. The molecule has 0 fully saturated rings. The third-order valence-corrected chi connectivity index (χ3v) is 3.11. The van der Waals surface area contributed by atoms with Crippen molar-refractivity contribution in [3.63, 3.8) is 0 Å². The van der Waals surface area contributed by atoms with Crippen molar-refractivity contribution in [1.29, 1.82) is 0 Å². The van der Waals surface area contributed by atoms with E-state index in [0.29, 0.717) is 37.8 Å². The molecule has 6 heteroatoms. The van der Waals surface area contributed by atoms with Crippen LogP contribution < -0.4 is 19.5 Å². The van der Waals surface area contributed by atoms with E-state index in [1.807, 2.05) is 26.0 Å². The fourth-order valence-electron chi connectivity index (χ4n) is 2.21. The summed E-state index contributed by atoms with van der Waals surface area (Å²) in [5.74, 6) is 2.10. The second-order valence-corrected chi connectivity index (χ2v) is 4.46. The Balaban J connectivity index is 1.94. The van der Waals surface area contributed by atoms with Crippen LogP contribution in [0.25, 0.3) is 0 Å². The third-order valence-electron chi connectivity index (χ3n) is 3.11. The number of methoxy groups -OCH3 is 1. The van der Waals surface area contributed by atoms with Crippen LogP contribution in [-0.2, 0) is 16.0 Å². The Kier molecular flexibility index (Phi) is 6.10. The third kappa shape index (κ3) is 4.00. The summed E-state index contributed by atoms with van der Waals surface area (Å²) in [6, 6.07) is 3.86. The van der Waals surface area contributed by atoms with Crippen LogP contribution in [0, 0.1) is 0 Å². The lowest BCUT2D eigenvalue weighted by Crippen LogP contribution is -2.31. The molecule has 0 spiro atoms. The first-order chi connectivity index (χ1) is 10.3. The Hall–Kier alpha value is -1.50. The molecule has 0 radical (unpaired) electrons. The van der Waals surface area contributed by atoms with E-state index in [9.17, 15) is 0 Å². The van der Waals surface area contributed by atoms with Gasteiger partial charge in [0.2, 0.25) is 12.5 Å². The smallest absolute Gasteiger partial charge is 0.231 e. The Morgan fingerprint density at radius 1 is 1.19 bits per heavy atom. The maximum Gasteiger partial charge on any atom is 0.231 e. The molecule has 1 aliphatic rings. The highest BCUT2D eigenvalue weighted by Gasteiger charge is 2.21. The van der Waals surface area contributed by atoms with Crippen LogP contribution in [0.15, 0.2) is 12.1 Å². The summed E-state index contributed by atoms with van der Waals surface area (Å²) in [5.41, 5.74) is 1.01. The zero-order valence-electron chi connectivity index (χ0n) is 12.8. The summed E-state index contributed by atoms with van der Waals surface area (Å²) in [6.45, 7) is 6.63. The van der Waals surface area contributed by atoms with Crippen LogP contribution in [0.3, 0.4) is 0 Å². The predicted octanol–water partition coefficient (Wildman–Crippen LogP) is 1.91. The minimum atomic E-state index is -0.236. The van der Waals surface area contributed by atoms with Gasteiger partial charge in [0.15, 0.2) is 17.8 Å². The van der Waals surface area contributed by atoms with Gasteiger partial charge in [-0.3, -0.25) is 0 Å². The van der Waals surface area contributed by atoms with Gasteiger partial charge in [-0.25, -0.2) is 0 Å². The average Bonchev–Trinajstić information content (AvgIpc) is 2.96. The number of benzene rings is 1. The van der Waals surface area contributed by atoms with Crippen LogP contribution >= 0.6 is 0 Å². The van der Waals surface area contributed by atoms with Crippen LogP contribution in [0.1, 0.15) is 19.4 Å². The van der Waals surface area contributed by atoms with Crippen molar-refractivity contribution in [2.75, 3.05) is 33.7 Å². The number of hydrogen-bond acceptors (Lipinski definition) is 6. The Morgan fingerprint density at radius 2 is 1.95 bits per heavy atom. The molecule has 6 nitrogen and oxygen atoms in total. The fourth-order valence-corrected chi connectivity index (χ4v) is 2.21. The number of ether oxygens (including phenoxy) is 5. The molecule has 21 heavy (non-hydrogen) atoms. The summed E-state index contributed by atoms with van der Waals surface area (Å²) >= 11 is 0. The summed E-state index contributed by atoms with van der Waals surface area (Å²) in [4.78, 5) is 0. The van der Waals surface area contributed by atoms with E-state index in [2.05, 4.69) is 5.32 Å². The molecule has 0 atom stereocenters. The van der Waals surface area contributed by atoms with Gasteiger partial charge in [0.1, 0.15) is 0 Å². The van der Waals surface area contributed by atoms with Gasteiger partial charge in [-0.15, -0.1) is 0 Å². The normalized spacial score (nSPS) is 13.0. The van der Waals surface area contributed by atoms with Gasteiger partial charge in [-0.05, 0) is 19.9 Å². The van der Waals surface area contributed by atoms with Gasteiger partial charge in [0.05, 0.1) is 7.11 Å². The highest BCUT2D eigenvalue weighted by molar-refractivity contribution is 5.56. The van der Waals surface area contributed by atoms with Gasteiger partial charge in [0.25, 0.3) is 0 Å². The van der Waals surface area contributed by atoms with Crippen LogP contribution in [0.4, 0.5) is 0 Å².